The van der Waals surface area contributed by atoms with E-state index in [-0.39, 0.29) is 12.3 Å². The Morgan fingerprint density at radius 3 is 2.47 bits per heavy atom. The number of hydrogen-bond donors (Lipinski definition) is 1. The molecule has 0 aliphatic carbocycles. The molecule has 0 aliphatic heterocycles. The van der Waals surface area contributed by atoms with Crippen LogP contribution in [0.5, 0.6) is 0 Å². The highest BCUT2D eigenvalue weighted by molar-refractivity contribution is 5.77. The highest BCUT2D eigenvalue weighted by Gasteiger charge is 2.14. The van der Waals surface area contributed by atoms with E-state index in [1.54, 1.807) is 0 Å². The van der Waals surface area contributed by atoms with Crippen molar-refractivity contribution < 1.29 is 4.79 Å². The largest absolute Gasteiger partial charge is 0.342 e. The predicted octanol–water partition coefficient (Wildman–Crippen LogP) is 0.391. The molecule has 1 aromatic rings. The lowest BCUT2D eigenvalue weighted by atomic mass is 10.3. The van der Waals surface area contributed by atoms with Crippen molar-refractivity contribution in [1.29, 1.82) is 0 Å². The first-order valence-electron chi connectivity index (χ1n) is 5.28. The molecule has 15 heavy (non-hydrogen) atoms. The van der Waals surface area contributed by atoms with Crippen LogP contribution < -0.4 is 0 Å². The van der Waals surface area contributed by atoms with Crippen molar-refractivity contribution in [3.8, 4) is 0 Å². The maximum Gasteiger partial charge on any atom is 0.230 e. The monoisotopic (exact) mass is 211 g/mol. The van der Waals surface area contributed by atoms with Crippen molar-refractivity contribution in [3.63, 3.8) is 0 Å². The van der Waals surface area contributed by atoms with Crippen LogP contribution in [-0.4, -0.2) is 44.5 Å². The second kappa shape index (κ2) is 6.10. The Balaban J connectivity index is 2.48. The lowest BCUT2D eigenvalue weighted by Crippen LogP contribution is -2.33. The van der Waals surface area contributed by atoms with E-state index in [1.165, 1.54) is 0 Å². The highest BCUT2D eigenvalue weighted by atomic mass is 16.2. The number of hydrogen-bond acceptors (Lipinski definition) is 4. The topological polar surface area (TPSA) is 74.8 Å². The minimum atomic E-state index is 0.0695. The molecule has 0 fully saturated rings. The number of amides is 1. The fourth-order valence-corrected chi connectivity index (χ4v) is 1.41. The first-order valence-corrected chi connectivity index (χ1v) is 5.28. The third kappa shape index (κ3) is 3.65. The van der Waals surface area contributed by atoms with Crippen molar-refractivity contribution in [2.24, 2.45) is 0 Å². The molecule has 84 valence electrons. The molecule has 0 saturated carbocycles. The minimum Gasteiger partial charge on any atom is -0.342 e. The highest BCUT2D eigenvalue weighted by Crippen LogP contribution is 1.99. The molecule has 0 radical (unpaired) electrons. The molecule has 1 N–H and O–H groups in total. The van der Waals surface area contributed by atoms with Gasteiger partial charge in [0.1, 0.15) is 0 Å². The lowest BCUT2D eigenvalue weighted by molar-refractivity contribution is -0.130. The van der Waals surface area contributed by atoms with Crippen molar-refractivity contribution in [1.82, 2.24) is 25.5 Å². The number of nitrogens with one attached hydrogen (secondary N) is 1. The van der Waals surface area contributed by atoms with Crippen molar-refractivity contribution >= 4 is 5.91 Å². The molecule has 0 atom stereocenters. The molecular weight excluding hydrogens is 194 g/mol. The summed E-state index contributed by atoms with van der Waals surface area (Å²) in [6, 6.07) is 0. The molecule has 0 bridgehead atoms. The van der Waals surface area contributed by atoms with Gasteiger partial charge in [0.15, 0.2) is 5.82 Å². The molecule has 0 unspecified atom stereocenters. The summed E-state index contributed by atoms with van der Waals surface area (Å²) < 4.78 is 0. The van der Waals surface area contributed by atoms with Gasteiger partial charge in [-0.3, -0.25) is 4.79 Å². The molecule has 1 amide bonds. The lowest BCUT2D eigenvalue weighted by Gasteiger charge is -2.20. The third-order valence-electron chi connectivity index (χ3n) is 2.04. The standard InChI is InChI=1S/C9H17N5O/c1-3-5-14(6-4-2)9(15)7-8-10-12-13-11-8/h3-7H2,1-2H3,(H,10,11,12,13). The summed E-state index contributed by atoms with van der Waals surface area (Å²) >= 11 is 0. The number of aromatic amines is 1. The second-order valence-corrected chi connectivity index (χ2v) is 3.39. The Hall–Kier alpha value is -1.46. The minimum absolute atomic E-state index is 0.0695. The van der Waals surface area contributed by atoms with Crippen molar-refractivity contribution in [2.75, 3.05) is 13.1 Å². The smallest absolute Gasteiger partial charge is 0.230 e. The molecule has 0 spiro atoms. The van der Waals surface area contributed by atoms with Gasteiger partial charge in [-0.15, -0.1) is 10.2 Å². The molecule has 0 aromatic carbocycles. The van der Waals surface area contributed by atoms with Gasteiger partial charge >= 0.3 is 0 Å². The Labute approximate surface area is 89.0 Å². The zero-order valence-electron chi connectivity index (χ0n) is 9.23. The molecule has 1 rings (SSSR count). The number of H-pyrrole nitrogens is 1. The Morgan fingerprint density at radius 1 is 1.33 bits per heavy atom. The van der Waals surface area contributed by atoms with Gasteiger partial charge in [-0.2, -0.15) is 5.21 Å². The molecule has 6 heteroatoms. The van der Waals surface area contributed by atoms with E-state index < -0.39 is 0 Å². The number of rotatable bonds is 6. The van der Waals surface area contributed by atoms with E-state index in [9.17, 15) is 4.79 Å². The van der Waals surface area contributed by atoms with E-state index in [0.717, 1.165) is 25.9 Å². The summed E-state index contributed by atoms with van der Waals surface area (Å²) in [6.07, 6.45) is 2.17. The Kier molecular flexibility index (Phi) is 4.73. The number of nitrogens with zero attached hydrogens (tertiary/aromatic N) is 4. The molecular formula is C9H17N5O. The van der Waals surface area contributed by atoms with E-state index in [1.807, 2.05) is 4.90 Å². The Bertz CT molecular complexity index is 279. The maximum atomic E-state index is 11.8. The van der Waals surface area contributed by atoms with Gasteiger partial charge in [0, 0.05) is 13.1 Å². The first kappa shape index (κ1) is 11.6. The van der Waals surface area contributed by atoms with Crippen LogP contribution in [0.4, 0.5) is 0 Å². The van der Waals surface area contributed by atoms with Gasteiger partial charge in [0.05, 0.1) is 6.42 Å². The van der Waals surface area contributed by atoms with E-state index in [2.05, 4.69) is 34.5 Å². The molecule has 1 aromatic heterocycles. The average Bonchev–Trinajstić information content (AvgIpc) is 2.70. The van der Waals surface area contributed by atoms with Gasteiger partial charge in [0.25, 0.3) is 0 Å². The molecule has 0 aliphatic rings. The zero-order chi connectivity index (χ0) is 11.1. The van der Waals surface area contributed by atoms with Crippen LogP contribution in [0.1, 0.15) is 32.5 Å². The van der Waals surface area contributed by atoms with E-state index in [4.69, 9.17) is 0 Å². The van der Waals surface area contributed by atoms with Crippen LogP contribution >= 0.6 is 0 Å². The predicted molar refractivity (Wildman–Crippen MR) is 55.0 cm³/mol. The first-order chi connectivity index (χ1) is 7.27. The van der Waals surface area contributed by atoms with Crippen LogP contribution in [-0.2, 0) is 11.2 Å². The zero-order valence-corrected chi connectivity index (χ0v) is 9.23. The second-order valence-electron chi connectivity index (χ2n) is 3.39. The van der Waals surface area contributed by atoms with Gasteiger partial charge in [-0.05, 0) is 12.8 Å². The average molecular weight is 211 g/mol. The Morgan fingerprint density at radius 2 is 2.00 bits per heavy atom. The number of aromatic nitrogens is 4. The summed E-state index contributed by atoms with van der Waals surface area (Å²) in [7, 11) is 0. The quantitative estimate of drug-likeness (QED) is 0.738. The van der Waals surface area contributed by atoms with E-state index >= 15 is 0 Å². The van der Waals surface area contributed by atoms with Crippen LogP contribution in [0, 0.1) is 0 Å². The molecule has 0 saturated heterocycles. The number of carbonyl (C=O) groups is 1. The molecule has 1 heterocycles. The summed E-state index contributed by atoms with van der Waals surface area (Å²) in [6.45, 7) is 5.71. The van der Waals surface area contributed by atoms with Gasteiger partial charge in [-0.25, -0.2) is 0 Å². The fourth-order valence-electron chi connectivity index (χ4n) is 1.41. The fraction of sp³-hybridized carbons (Fsp3) is 0.778. The van der Waals surface area contributed by atoms with Crippen molar-refractivity contribution in [3.05, 3.63) is 5.82 Å². The summed E-state index contributed by atoms with van der Waals surface area (Å²) in [4.78, 5) is 13.6. The van der Waals surface area contributed by atoms with Crippen LogP contribution in [0.2, 0.25) is 0 Å². The van der Waals surface area contributed by atoms with Gasteiger partial charge in [0.2, 0.25) is 5.91 Å². The van der Waals surface area contributed by atoms with Crippen LogP contribution in [0.3, 0.4) is 0 Å². The van der Waals surface area contributed by atoms with E-state index in [0.29, 0.717) is 5.82 Å². The maximum absolute atomic E-state index is 11.8. The van der Waals surface area contributed by atoms with Gasteiger partial charge in [-0.1, -0.05) is 19.1 Å². The molecule has 6 nitrogen and oxygen atoms in total. The normalized spacial score (nSPS) is 10.3. The summed E-state index contributed by atoms with van der Waals surface area (Å²) in [5.74, 6) is 0.525. The number of carbonyl (C=O) groups excluding carboxylic acids is 1. The summed E-state index contributed by atoms with van der Waals surface area (Å²) in [5.41, 5.74) is 0. The van der Waals surface area contributed by atoms with Crippen LogP contribution in [0.25, 0.3) is 0 Å². The number of tetrazole rings is 1. The SMILES string of the molecule is CCCN(CCC)C(=O)Cc1nn[nH]n1. The van der Waals surface area contributed by atoms with Crippen molar-refractivity contribution in [2.45, 2.75) is 33.1 Å². The summed E-state index contributed by atoms with van der Waals surface area (Å²) in [5, 5.41) is 13.3. The third-order valence-corrected chi connectivity index (χ3v) is 2.04. The van der Waals surface area contributed by atoms with Crippen LogP contribution in [0.15, 0.2) is 0 Å². The van der Waals surface area contributed by atoms with Gasteiger partial charge < -0.3 is 4.90 Å².